The summed E-state index contributed by atoms with van der Waals surface area (Å²) in [5.41, 5.74) is 1.06. The number of hydrogen-bond acceptors (Lipinski definition) is 2. The number of nitrogens with zero attached hydrogens (tertiary/aromatic N) is 1. The SMILES string of the molecule is Cc1cccc([N+](=O)[O-])c1.[NaH]. The van der Waals surface area contributed by atoms with Gasteiger partial charge in [-0.15, -0.1) is 0 Å². The number of benzene rings is 1. The molecule has 3 nitrogen and oxygen atoms in total. The Labute approximate surface area is 86.9 Å². The maximum atomic E-state index is 10.2. The molecule has 1 aromatic carbocycles. The summed E-state index contributed by atoms with van der Waals surface area (Å²) in [6, 6.07) is 6.52. The summed E-state index contributed by atoms with van der Waals surface area (Å²) in [6.45, 7) is 1.83. The number of nitro benzene ring substituents is 1. The molecular weight excluding hydrogens is 153 g/mol. The first-order valence-electron chi connectivity index (χ1n) is 2.91. The molecule has 1 aromatic rings. The van der Waals surface area contributed by atoms with Crippen molar-refractivity contribution in [2.24, 2.45) is 0 Å². The minimum absolute atomic E-state index is 0. The van der Waals surface area contributed by atoms with Gasteiger partial charge in [0.15, 0.2) is 0 Å². The van der Waals surface area contributed by atoms with E-state index in [1.807, 2.05) is 13.0 Å². The van der Waals surface area contributed by atoms with Crippen LogP contribution in [0.2, 0.25) is 0 Å². The van der Waals surface area contributed by atoms with Crippen LogP contribution in [-0.2, 0) is 0 Å². The van der Waals surface area contributed by atoms with E-state index in [0.29, 0.717) is 0 Å². The van der Waals surface area contributed by atoms with Crippen molar-refractivity contribution in [2.75, 3.05) is 0 Å². The van der Waals surface area contributed by atoms with E-state index in [4.69, 9.17) is 0 Å². The number of aryl methyl sites for hydroxylation is 1. The second kappa shape index (κ2) is 4.49. The summed E-state index contributed by atoms with van der Waals surface area (Å²) in [6.07, 6.45) is 0. The zero-order valence-electron chi connectivity index (χ0n) is 5.57. The molecule has 54 valence electrons. The van der Waals surface area contributed by atoms with Crippen LogP contribution in [0.15, 0.2) is 24.3 Å². The van der Waals surface area contributed by atoms with Gasteiger partial charge in [-0.2, -0.15) is 0 Å². The van der Waals surface area contributed by atoms with Crippen LogP contribution < -0.4 is 0 Å². The first-order chi connectivity index (χ1) is 4.70. The van der Waals surface area contributed by atoms with Gasteiger partial charge >= 0.3 is 29.6 Å². The van der Waals surface area contributed by atoms with E-state index in [0.717, 1.165) is 5.56 Å². The van der Waals surface area contributed by atoms with Gasteiger partial charge in [0.25, 0.3) is 5.69 Å². The molecule has 11 heavy (non-hydrogen) atoms. The molecule has 0 N–H and O–H groups in total. The second-order valence-corrected chi connectivity index (χ2v) is 2.10. The number of non-ortho nitro benzene ring substituents is 1. The molecule has 0 spiro atoms. The van der Waals surface area contributed by atoms with E-state index in [1.54, 1.807) is 12.1 Å². The molecule has 0 fully saturated rings. The Bertz CT molecular complexity index is 262. The number of hydrogen-bond donors (Lipinski definition) is 0. The van der Waals surface area contributed by atoms with Crippen molar-refractivity contribution in [3.05, 3.63) is 39.9 Å². The van der Waals surface area contributed by atoms with Crippen LogP contribution >= 0.6 is 0 Å². The maximum absolute atomic E-state index is 10.2. The molecule has 0 radical (unpaired) electrons. The Hall–Kier alpha value is -0.380. The van der Waals surface area contributed by atoms with Crippen molar-refractivity contribution in [3.63, 3.8) is 0 Å². The fourth-order valence-electron chi connectivity index (χ4n) is 0.742. The van der Waals surface area contributed by atoms with E-state index in [9.17, 15) is 10.1 Å². The van der Waals surface area contributed by atoms with Crippen LogP contribution in [0, 0.1) is 17.0 Å². The van der Waals surface area contributed by atoms with Crippen molar-refractivity contribution in [1.29, 1.82) is 0 Å². The van der Waals surface area contributed by atoms with Crippen LogP contribution in [-0.4, -0.2) is 34.5 Å². The summed E-state index contributed by atoms with van der Waals surface area (Å²) in [5, 5.41) is 10.2. The molecule has 4 heteroatoms. The first kappa shape index (κ1) is 10.6. The molecule has 0 atom stereocenters. The van der Waals surface area contributed by atoms with Gasteiger partial charge in [-0.25, -0.2) is 0 Å². The van der Waals surface area contributed by atoms with Gasteiger partial charge in [-0.05, 0) is 12.5 Å². The molecule has 0 heterocycles. The third kappa shape index (κ3) is 3.01. The predicted octanol–water partition coefficient (Wildman–Crippen LogP) is 1.25. The predicted molar refractivity (Wildman–Crippen MR) is 45.0 cm³/mol. The van der Waals surface area contributed by atoms with Gasteiger partial charge < -0.3 is 0 Å². The molecule has 0 saturated carbocycles. The molecule has 0 amide bonds. The van der Waals surface area contributed by atoms with Crippen molar-refractivity contribution < 1.29 is 4.92 Å². The van der Waals surface area contributed by atoms with Gasteiger partial charge in [0.2, 0.25) is 0 Å². The third-order valence-corrected chi connectivity index (χ3v) is 1.21. The summed E-state index contributed by atoms with van der Waals surface area (Å²) in [7, 11) is 0. The molecule has 0 aliphatic rings. The summed E-state index contributed by atoms with van der Waals surface area (Å²) < 4.78 is 0. The average Bonchev–Trinajstić information content (AvgIpc) is 1.88. The van der Waals surface area contributed by atoms with E-state index in [1.165, 1.54) is 6.07 Å². The van der Waals surface area contributed by atoms with Crippen molar-refractivity contribution >= 4 is 35.2 Å². The molecule has 0 unspecified atom stereocenters. The van der Waals surface area contributed by atoms with Gasteiger partial charge in [-0.1, -0.05) is 12.1 Å². The van der Waals surface area contributed by atoms with Gasteiger partial charge in [0, 0.05) is 12.1 Å². The molecule has 1 rings (SSSR count). The Morgan fingerprint density at radius 3 is 2.45 bits per heavy atom. The molecule has 0 aromatic heterocycles. The topological polar surface area (TPSA) is 43.1 Å². The summed E-state index contributed by atoms with van der Waals surface area (Å²) >= 11 is 0. The Balaban J connectivity index is 0.000001000. The number of nitro groups is 1. The normalized spacial score (nSPS) is 8.45. The standard InChI is InChI=1S/C7H7NO2.Na.H/c1-6-3-2-4-7(5-6)8(9)10;;/h2-5H,1H3;;. The van der Waals surface area contributed by atoms with Crippen LogP contribution in [0.1, 0.15) is 5.56 Å². The van der Waals surface area contributed by atoms with Crippen LogP contribution in [0.25, 0.3) is 0 Å². The molecule has 0 aliphatic heterocycles. The van der Waals surface area contributed by atoms with Gasteiger partial charge in [0.1, 0.15) is 0 Å². The fraction of sp³-hybridized carbons (Fsp3) is 0.143. The van der Waals surface area contributed by atoms with Gasteiger partial charge in [0.05, 0.1) is 4.92 Å². The Morgan fingerprint density at radius 2 is 2.09 bits per heavy atom. The fourth-order valence-corrected chi connectivity index (χ4v) is 0.742. The van der Waals surface area contributed by atoms with Crippen LogP contribution in [0.5, 0.6) is 0 Å². The van der Waals surface area contributed by atoms with E-state index in [2.05, 4.69) is 0 Å². The zero-order chi connectivity index (χ0) is 7.56. The number of rotatable bonds is 1. The van der Waals surface area contributed by atoms with Gasteiger partial charge in [-0.3, -0.25) is 10.1 Å². The van der Waals surface area contributed by atoms with Crippen molar-refractivity contribution in [1.82, 2.24) is 0 Å². The zero-order valence-corrected chi connectivity index (χ0v) is 5.57. The molecule has 0 bridgehead atoms. The van der Waals surface area contributed by atoms with Crippen molar-refractivity contribution in [2.45, 2.75) is 6.92 Å². The van der Waals surface area contributed by atoms with E-state index < -0.39 is 4.92 Å². The average molecular weight is 161 g/mol. The quantitative estimate of drug-likeness (QED) is 0.353. The third-order valence-electron chi connectivity index (χ3n) is 1.21. The monoisotopic (exact) mass is 161 g/mol. The minimum atomic E-state index is -0.396. The van der Waals surface area contributed by atoms with Crippen molar-refractivity contribution in [3.8, 4) is 0 Å². The van der Waals surface area contributed by atoms with Crippen LogP contribution in [0.4, 0.5) is 5.69 Å². The molecule has 0 saturated heterocycles. The molecular formula is C7H8NNaO2. The molecule has 0 aliphatic carbocycles. The Kier molecular flexibility index (Phi) is 4.33. The van der Waals surface area contributed by atoms with Crippen LogP contribution in [0.3, 0.4) is 0 Å². The summed E-state index contributed by atoms with van der Waals surface area (Å²) in [5.74, 6) is 0. The first-order valence-corrected chi connectivity index (χ1v) is 2.91. The van der Waals surface area contributed by atoms with E-state index >= 15 is 0 Å². The Morgan fingerprint density at radius 1 is 1.45 bits per heavy atom. The van der Waals surface area contributed by atoms with E-state index in [-0.39, 0.29) is 35.2 Å². The summed E-state index contributed by atoms with van der Waals surface area (Å²) in [4.78, 5) is 9.76. The second-order valence-electron chi connectivity index (χ2n) is 2.10.